The first kappa shape index (κ1) is 19.5. The standard InChI is InChI=1S/C25H19N5O2S/c31-24(19-14-28-30-21-9-4-2-7-16(21)25(32)29-23(19)30)27-13-18(22-10-5-11-33-22)17-12-26-20-8-3-1-6-15(17)20/h1-12,14,18,26H,13H2,(H,27,31)(H,29,32). The van der Waals surface area contributed by atoms with Crippen LogP contribution >= 0.6 is 11.3 Å². The number of thiophene rings is 1. The van der Waals surface area contributed by atoms with E-state index in [1.54, 1.807) is 28.0 Å². The molecule has 6 rings (SSSR count). The third-order valence-corrected chi connectivity index (χ3v) is 6.96. The van der Waals surface area contributed by atoms with Crippen LogP contribution in [0.5, 0.6) is 0 Å². The minimum atomic E-state index is -0.280. The van der Waals surface area contributed by atoms with Crippen molar-refractivity contribution in [3.8, 4) is 0 Å². The van der Waals surface area contributed by atoms with Crippen molar-refractivity contribution in [2.45, 2.75) is 5.92 Å². The fraction of sp³-hybridized carbons (Fsp3) is 0.0800. The summed E-state index contributed by atoms with van der Waals surface area (Å²) in [7, 11) is 0. The molecule has 0 spiro atoms. The fourth-order valence-electron chi connectivity index (χ4n) is 4.37. The Morgan fingerprint density at radius 2 is 1.88 bits per heavy atom. The van der Waals surface area contributed by atoms with Crippen molar-refractivity contribution in [2.75, 3.05) is 6.54 Å². The molecule has 0 radical (unpaired) electrons. The van der Waals surface area contributed by atoms with Gasteiger partial charge in [0.15, 0.2) is 0 Å². The van der Waals surface area contributed by atoms with Gasteiger partial charge in [-0.1, -0.05) is 36.4 Å². The largest absolute Gasteiger partial charge is 0.361 e. The molecule has 0 fully saturated rings. The molecule has 1 unspecified atom stereocenters. The van der Waals surface area contributed by atoms with Gasteiger partial charge in [-0.05, 0) is 35.2 Å². The van der Waals surface area contributed by atoms with E-state index < -0.39 is 0 Å². The maximum atomic E-state index is 13.2. The Morgan fingerprint density at radius 3 is 2.73 bits per heavy atom. The number of nitrogens with zero attached hydrogens (tertiary/aromatic N) is 2. The van der Waals surface area contributed by atoms with E-state index in [9.17, 15) is 9.59 Å². The van der Waals surface area contributed by atoms with Gasteiger partial charge in [-0.15, -0.1) is 11.3 Å². The lowest BCUT2D eigenvalue weighted by molar-refractivity contribution is 0.0954. The number of carbonyl (C=O) groups is 1. The molecule has 0 aliphatic rings. The van der Waals surface area contributed by atoms with E-state index in [0.29, 0.717) is 28.7 Å². The van der Waals surface area contributed by atoms with Gasteiger partial charge >= 0.3 is 0 Å². The van der Waals surface area contributed by atoms with Crippen molar-refractivity contribution in [2.24, 2.45) is 0 Å². The van der Waals surface area contributed by atoms with E-state index in [4.69, 9.17) is 0 Å². The molecule has 2 aromatic carbocycles. The van der Waals surface area contributed by atoms with E-state index in [1.165, 1.54) is 11.1 Å². The van der Waals surface area contributed by atoms with Crippen LogP contribution in [0.3, 0.4) is 0 Å². The number of H-pyrrole nitrogens is 2. The predicted octanol–water partition coefficient (Wildman–Crippen LogP) is 4.28. The quantitative estimate of drug-likeness (QED) is 0.364. The Balaban J connectivity index is 1.35. The summed E-state index contributed by atoms with van der Waals surface area (Å²) < 4.78 is 1.60. The highest BCUT2D eigenvalue weighted by molar-refractivity contribution is 7.10. The molecule has 4 aromatic heterocycles. The number of aromatic nitrogens is 4. The average Bonchev–Trinajstić information content (AvgIpc) is 3.60. The van der Waals surface area contributed by atoms with Gasteiger partial charge in [0, 0.05) is 34.4 Å². The predicted molar refractivity (Wildman–Crippen MR) is 130 cm³/mol. The maximum absolute atomic E-state index is 13.2. The molecule has 3 N–H and O–H groups in total. The zero-order chi connectivity index (χ0) is 22.4. The van der Waals surface area contributed by atoms with Crippen molar-refractivity contribution >= 4 is 44.7 Å². The summed E-state index contributed by atoms with van der Waals surface area (Å²) in [5.74, 6) is -0.288. The van der Waals surface area contributed by atoms with Crippen molar-refractivity contribution < 1.29 is 4.79 Å². The molecule has 162 valence electrons. The van der Waals surface area contributed by atoms with E-state index >= 15 is 0 Å². The van der Waals surface area contributed by atoms with Gasteiger partial charge in [-0.2, -0.15) is 5.10 Å². The lowest BCUT2D eigenvalue weighted by Crippen LogP contribution is -2.29. The molecule has 7 nitrogen and oxygen atoms in total. The van der Waals surface area contributed by atoms with E-state index in [2.05, 4.69) is 32.5 Å². The Labute approximate surface area is 191 Å². The number of benzene rings is 2. The molecule has 1 atom stereocenters. The SMILES string of the molecule is O=C(NCC(c1cccs1)c1c[nH]c2ccccc12)c1cnn2c1[nH]c(=O)c1ccccc12. The number of para-hydroxylation sites is 2. The minimum Gasteiger partial charge on any atom is -0.361 e. The number of amides is 1. The molecular weight excluding hydrogens is 434 g/mol. The summed E-state index contributed by atoms with van der Waals surface area (Å²) in [4.78, 5) is 33.0. The minimum absolute atomic E-state index is 0.00758. The summed E-state index contributed by atoms with van der Waals surface area (Å²) in [6, 6.07) is 19.5. The van der Waals surface area contributed by atoms with Gasteiger partial charge in [-0.25, -0.2) is 4.52 Å². The van der Waals surface area contributed by atoms with Crippen LogP contribution in [0.4, 0.5) is 0 Å². The third kappa shape index (κ3) is 3.23. The molecule has 1 amide bonds. The van der Waals surface area contributed by atoms with Crippen LogP contribution in [-0.2, 0) is 0 Å². The number of hydrogen-bond acceptors (Lipinski definition) is 4. The first-order valence-electron chi connectivity index (χ1n) is 10.6. The van der Waals surface area contributed by atoms with Crippen molar-refractivity contribution in [1.82, 2.24) is 24.9 Å². The van der Waals surface area contributed by atoms with Gasteiger partial charge in [0.2, 0.25) is 0 Å². The van der Waals surface area contributed by atoms with Crippen LogP contribution in [0.25, 0.3) is 27.5 Å². The molecule has 6 aromatic rings. The van der Waals surface area contributed by atoms with Crippen molar-refractivity contribution in [1.29, 1.82) is 0 Å². The summed E-state index contributed by atoms with van der Waals surface area (Å²) >= 11 is 1.66. The highest BCUT2D eigenvalue weighted by Crippen LogP contribution is 2.33. The normalized spacial score (nSPS) is 12.5. The van der Waals surface area contributed by atoms with Gasteiger partial charge < -0.3 is 15.3 Å². The second-order valence-corrected chi connectivity index (χ2v) is 8.84. The van der Waals surface area contributed by atoms with E-state index in [0.717, 1.165) is 16.5 Å². The first-order chi connectivity index (χ1) is 16.2. The number of aromatic amines is 2. The van der Waals surface area contributed by atoms with Crippen LogP contribution in [0.1, 0.15) is 26.7 Å². The van der Waals surface area contributed by atoms with Gasteiger partial charge in [-0.3, -0.25) is 9.59 Å². The molecule has 0 aliphatic heterocycles. The number of carbonyl (C=O) groups excluding carboxylic acids is 1. The third-order valence-electron chi connectivity index (χ3n) is 5.97. The Hall–Kier alpha value is -4.17. The van der Waals surface area contributed by atoms with E-state index in [-0.39, 0.29) is 17.4 Å². The number of hydrogen-bond donors (Lipinski definition) is 3. The number of fused-ring (bicyclic) bond motifs is 4. The fourth-order valence-corrected chi connectivity index (χ4v) is 5.21. The summed E-state index contributed by atoms with van der Waals surface area (Å²) in [6.07, 6.45) is 3.51. The monoisotopic (exact) mass is 453 g/mol. The number of rotatable bonds is 5. The first-order valence-corrected chi connectivity index (χ1v) is 11.4. The van der Waals surface area contributed by atoms with Crippen LogP contribution in [0.2, 0.25) is 0 Å². The summed E-state index contributed by atoms with van der Waals surface area (Å²) in [6.45, 7) is 0.413. The highest BCUT2D eigenvalue weighted by atomic mass is 32.1. The summed E-state index contributed by atoms with van der Waals surface area (Å²) in [5.41, 5.74) is 3.33. The second-order valence-electron chi connectivity index (χ2n) is 7.86. The second kappa shape index (κ2) is 7.75. The lowest BCUT2D eigenvalue weighted by atomic mass is 9.96. The van der Waals surface area contributed by atoms with Crippen molar-refractivity contribution in [3.63, 3.8) is 0 Å². The molecule has 8 heteroatoms. The van der Waals surface area contributed by atoms with Gasteiger partial charge in [0.25, 0.3) is 11.5 Å². The lowest BCUT2D eigenvalue weighted by Gasteiger charge is -2.16. The molecular formula is C25H19N5O2S. The molecule has 0 bridgehead atoms. The Bertz CT molecular complexity index is 1680. The van der Waals surface area contributed by atoms with Crippen molar-refractivity contribution in [3.05, 3.63) is 105 Å². The average molecular weight is 454 g/mol. The maximum Gasteiger partial charge on any atom is 0.259 e. The number of nitrogens with one attached hydrogen (secondary N) is 3. The molecule has 0 aliphatic carbocycles. The Kier molecular flexibility index (Phi) is 4.58. The van der Waals surface area contributed by atoms with Gasteiger partial charge in [0.1, 0.15) is 11.2 Å². The smallest absolute Gasteiger partial charge is 0.259 e. The molecule has 4 heterocycles. The van der Waals surface area contributed by atoms with Crippen LogP contribution in [0.15, 0.2) is 83.2 Å². The topological polar surface area (TPSA) is 95.0 Å². The van der Waals surface area contributed by atoms with E-state index in [1.807, 2.05) is 48.0 Å². The van der Waals surface area contributed by atoms with Crippen LogP contribution < -0.4 is 10.9 Å². The van der Waals surface area contributed by atoms with Gasteiger partial charge in [0.05, 0.1) is 17.1 Å². The van der Waals surface area contributed by atoms with Crippen LogP contribution in [-0.4, -0.2) is 32.0 Å². The van der Waals surface area contributed by atoms with Crippen LogP contribution in [0, 0.1) is 0 Å². The molecule has 0 saturated heterocycles. The zero-order valence-corrected chi connectivity index (χ0v) is 18.2. The Morgan fingerprint density at radius 1 is 1.06 bits per heavy atom. The molecule has 0 saturated carbocycles. The zero-order valence-electron chi connectivity index (χ0n) is 17.4. The molecule has 33 heavy (non-hydrogen) atoms. The summed E-state index contributed by atoms with van der Waals surface area (Å²) in [5, 5.41) is 11.1. The highest BCUT2D eigenvalue weighted by Gasteiger charge is 2.22.